The summed E-state index contributed by atoms with van der Waals surface area (Å²) >= 11 is 0. The molecule has 0 spiro atoms. The maximum atomic E-state index is 13.4. The van der Waals surface area contributed by atoms with Crippen molar-refractivity contribution >= 4 is 32.7 Å². The summed E-state index contributed by atoms with van der Waals surface area (Å²) in [6, 6.07) is 13.1. The summed E-state index contributed by atoms with van der Waals surface area (Å²) in [7, 11) is -3.78. The molecule has 1 saturated carbocycles. The SMILES string of the molecule is Cc1noc(C)c1-c1cc(S(=O)(=O)NC2CCCC2)c2nc(Nc3ccccc3)[nH]c2c1. The number of hydrogen-bond acceptors (Lipinski definition) is 6. The first-order valence-electron chi connectivity index (χ1n) is 10.7. The second kappa shape index (κ2) is 8.07. The Bertz CT molecular complexity index is 1350. The molecule has 1 fully saturated rings. The van der Waals surface area contributed by atoms with Gasteiger partial charge in [0.15, 0.2) is 0 Å². The van der Waals surface area contributed by atoms with Gasteiger partial charge in [-0.15, -0.1) is 0 Å². The summed E-state index contributed by atoms with van der Waals surface area (Å²) in [6.45, 7) is 3.66. The zero-order valence-electron chi connectivity index (χ0n) is 18.0. The highest BCUT2D eigenvalue weighted by Crippen LogP contribution is 2.34. The average molecular weight is 452 g/mol. The van der Waals surface area contributed by atoms with E-state index in [1.165, 1.54) is 0 Å². The Balaban J connectivity index is 1.65. The van der Waals surface area contributed by atoms with Crippen LogP contribution in [0.5, 0.6) is 0 Å². The molecule has 0 radical (unpaired) electrons. The van der Waals surface area contributed by atoms with E-state index in [9.17, 15) is 8.42 Å². The molecule has 0 unspecified atom stereocenters. The number of anilines is 2. The number of aromatic amines is 1. The van der Waals surface area contributed by atoms with Crippen molar-refractivity contribution in [3.05, 3.63) is 53.9 Å². The number of para-hydroxylation sites is 1. The van der Waals surface area contributed by atoms with Crippen LogP contribution in [0.2, 0.25) is 0 Å². The van der Waals surface area contributed by atoms with Gasteiger partial charge in [-0.2, -0.15) is 0 Å². The van der Waals surface area contributed by atoms with Gasteiger partial charge in [-0.3, -0.25) is 0 Å². The van der Waals surface area contributed by atoms with Crippen LogP contribution < -0.4 is 10.0 Å². The number of hydrogen-bond donors (Lipinski definition) is 3. The lowest BCUT2D eigenvalue weighted by atomic mass is 10.0. The van der Waals surface area contributed by atoms with Gasteiger partial charge < -0.3 is 14.8 Å². The van der Waals surface area contributed by atoms with Crippen LogP contribution in [0.1, 0.15) is 37.1 Å². The quantitative estimate of drug-likeness (QED) is 0.388. The minimum atomic E-state index is -3.78. The van der Waals surface area contributed by atoms with Crippen LogP contribution in [0.25, 0.3) is 22.2 Å². The molecule has 5 rings (SSSR count). The maximum Gasteiger partial charge on any atom is 0.243 e. The number of nitrogens with one attached hydrogen (secondary N) is 3. The average Bonchev–Trinajstić information content (AvgIpc) is 3.48. The zero-order valence-corrected chi connectivity index (χ0v) is 18.8. The van der Waals surface area contributed by atoms with Crippen LogP contribution in [0.15, 0.2) is 51.9 Å². The number of benzene rings is 2. The van der Waals surface area contributed by atoms with Gasteiger partial charge in [0.1, 0.15) is 16.2 Å². The van der Waals surface area contributed by atoms with Crippen molar-refractivity contribution in [1.29, 1.82) is 0 Å². The fourth-order valence-electron chi connectivity index (χ4n) is 4.37. The Morgan fingerprint density at radius 1 is 1.09 bits per heavy atom. The van der Waals surface area contributed by atoms with Crippen molar-refractivity contribution in [2.24, 2.45) is 0 Å². The fraction of sp³-hybridized carbons (Fsp3) is 0.304. The molecule has 0 aliphatic heterocycles. The Hall–Kier alpha value is -3.17. The van der Waals surface area contributed by atoms with Crippen molar-refractivity contribution in [2.45, 2.75) is 50.5 Å². The summed E-state index contributed by atoms with van der Waals surface area (Å²) in [4.78, 5) is 7.96. The first-order valence-corrected chi connectivity index (χ1v) is 12.2. The maximum absolute atomic E-state index is 13.4. The molecular weight excluding hydrogens is 426 g/mol. The molecule has 0 atom stereocenters. The van der Waals surface area contributed by atoms with Crippen LogP contribution in [-0.4, -0.2) is 29.6 Å². The number of imidazole rings is 1. The normalized spacial score (nSPS) is 14.9. The number of sulfonamides is 1. The van der Waals surface area contributed by atoms with Gasteiger partial charge in [-0.1, -0.05) is 36.2 Å². The van der Waals surface area contributed by atoms with Crippen molar-refractivity contribution in [2.75, 3.05) is 5.32 Å². The summed E-state index contributed by atoms with van der Waals surface area (Å²) in [5.41, 5.74) is 4.08. The van der Waals surface area contributed by atoms with E-state index in [0.29, 0.717) is 28.4 Å². The molecule has 0 bridgehead atoms. The van der Waals surface area contributed by atoms with Crippen molar-refractivity contribution in [3.8, 4) is 11.1 Å². The van der Waals surface area contributed by atoms with Crippen LogP contribution >= 0.6 is 0 Å². The van der Waals surface area contributed by atoms with E-state index in [1.54, 1.807) is 6.07 Å². The van der Waals surface area contributed by atoms with Gasteiger partial charge in [0.05, 0.1) is 11.2 Å². The Morgan fingerprint density at radius 2 is 1.84 bits per heavy atom. The second-order valence-electron chi connectivity index (χ2n) is 8.25. The largest absolute Gasteiger partial charge is 0.361 e. The monoisotopic (exact) mass is 451 g/mol. The van der Waals surface area contributed by atoms with E-state index in [4.69, 9.17) is 4.52 Å². The van der Waals surface area contributed by atoms with E-state index >= 15 is 0 Å². The Kier molecular flexibility index (Phi) is 5.22. The Morgan fingerprint density at radius 3 is 2.53 bits per heavy atom. The molecule has 3 N–H and O–H groups in total. The van der Waals surface area contributed by atoms with Gasteiger partial charge in [-0.05, 0) is 56.5 Å². The van der Waals surface area contributed by atoms with Gasteiger partial charge in [0.2, 0.25) is 16.0 Å². The summed E-state index contributed by atoms with van der Waals surface area (Å²) in [6.07, 6.45) is 3.78. The van der Waals surface area contributed by atoms with Crippen LogP contribution in [0.4, 0.5) is 11.6 Å². The molecule has 2 heterocycles. The predicted molar refractivity (Wildman–Crippen MR) is 123 cm³/mol. The molecule has 166 valence electrons. The number of aryl methyl sites for hydroxylation is 2. The summed E-state index contributed by atoms with van der Waals surface area (Å²) in [5.74, 6) is 1.11. The standard InChI is InChI=1S/C23H25N5O3S/c1-14-21(15(2)31-27-14)16-12-19-22(26-23(25-19)24-17-8-4-3-5-9-17)20(13-16)32(29,30)28-18-10-6-7-11-18/h3-5,8-9,12-13,18,28H,6-7,10-11H2,1-2H3,(H2,24,25,26). The molecule has 2 aromatic heterocycles. The molecule has 2 aromatic carbocycles. The van der Waals surface area contributed by atoms with Crippen LogP contribution in [-0.2, 0) is 10.0 Å². The summed E-state index contributed by atoms with van der Waals surface area (Å²) in [5, 5.41) is 7.24. The van der Waals surface area contributed by atoms with Gasteiger partial charge in [0.25, 0.3) is 0 Å². The number of nitrogens with zero attached hydrogens (tertiary/aromatic N) is 2. The lowest BCUT2D eigenvalue weighted by Gasteiger charge is -2.14. The zero-order chi connectivity index (χ0) is 22.3. The smallest absolute Gasteiger partial charge is 0.243 e. The number of H-pyrrole nitrogens is 1. The molecule has 0 amide bonds. The van der Waals surface area contributed by atoms with E-state index in [1.807, 2.05) is 50.2 Å². The molecule has 4 aromatic rings. The first-order chi connectivity index (χ1) is 15.4. The van der Waals surface area contributed by atoms with E-state index in [-0.39, 0.29) is 10.9 Å². The highest BCUT2D eigenvalue weighted by Gasteiger charge is 2.27. The van der Waals surface area contributed by atoms with Crippen molar-refractivity contribution < 1.29 is 12.9 Å². The highest BCUT2D eigenvalue weighted by molar-refractivity contribution is 7.89. The lowest BCUT2D eigenvalue weighted by molar-refractivity contribution is 0.393. The Labute approximate surface area is 186 Å². The van der Waals surface area contributed by atoms with Crippen LogP contribution in [0, 0.1) is 13.8 Å². The molecule has 9 heteroatoms. The third-order valence-corrected chi connectivity index (χ3v) is 7.41. The third-order valence-electron chi connectivity index (χ3n) is 5.88. The molecular formula is C23H25N5O3S. The number of aromatic nitrogens is 3. The highest BCUT2D eigenvalue weighted by atomic mass is 32.2. The molecule has 32 heavy (non-hydrogen) atoms. The second-order valence-corrected chi connectivity index (χ2v) is 9.93. The fourth-order valence-corrected chi connectivity index (χ4v) is 5.87. The van der Waals surface area contributed by atoms with Crippen LogP contribution in [0.3, 0.4) is 0 Å². The van der Waals surface area contributed by atoms with E-state index < -0.39 is 10.0 Å². The first kappa shape index (κ1) is 20.7. The molecule has 8 nitrogen and oxygen atoms in total. The topological polar surface area (TPSA) is 113 Å². The van der Waals surface area contributed by atoms with Gasteiger partial charge in [0, 0.05) is 17.3 Å². The summed E-state index contributed by atoms with van der Waals surface area (Å²) < 4.78 is 35.1. The van der Waals surface area contributed by atoms with Crippen molar-refractivity contribution in [3.63, 3.8) is 0 Å². The third kappa shape index (κ3) is 3.89. The molecule has 1 aliphatic carbocycles. The molecule has 0 saturated heterocycles. The number of fused-ring (bicyclic) bond motifs is 1. The molecule has 1 aliphatic rings. The minimum Gasteiger partial charge on any atom is -0.361 e. The van der Waals surface area contributed by atoms with Gasteiger partial charge >= 0.3 is 0 Å². The number of rotatable bonds is 6. The van der Waals surface area contributed by atoms with Gasteiger partial charge in [-0.25, -0.2) is 18.1 Å². The van der Waals surface area contributed by atoms with Crippen molar-refractivity contribution in [1.82, 2.24) is 19.8 Å². The lowest BCUT2D eigenvalue weighted by Crippen LogP contribution is -2.32. The van der Waals surface area contributed by atoms with E-state index in [0.717, 1.165) is 42.5 Å². The minimum absolute atomic E-state index is 0.0429. The predicted octanol–water partition coefficient (Wildman–Crippen LogP) is 4.80. The van der Waals surface area contributed by atoms with E-state index in [2.05, 4.69) is 25.2 Å².